The molecule has 0 aliphatic carbocycles. The molecular formula is C8H10ClN3. The third kappa shape index (κ3) is 1.30. The van der Waals surface area contributed by atoms with E-state index >= 15 is 0 Å². The summed E-state index contributed by atoms with van der Waals surface area (Å²) in [4.78, 5) is 8.44. The zero-order valence-corrected chi connectivity index (χ0v) is 7.65. The molecule has 0 fully saturated rings. The van der Waals surface area contributed by atoms with Crippen molar-refractivity contribution in [2.75, 3.05) is 6.54 Å². The van der Waals surface area contributed by atoms with E-state index in [1.807, 2.05) is 6.92 Å². The summed E-state index contributed by atoms with van der Waals surface area (Å²) in [6.07, 6.45) is 0.957. The lowest BCUT2D eigenvalue weighted by molar-refractivity contribution is 0.623. The van der Waals surface area contributed by atoms with Crippen LogP contribution in [0.4, 0.5) is 0 Å². The van der Waals surface area contributed by atoms with E-state index in [0.717, 1.165) is 36.6 Å². The van der Waals surface area contributed by atoms with E-state index in [2.05, 4.69) is 15.3 Å². The molecule has 3 nitrogen and oxygen atoms in total. The molecule has 2 rings (SSSR count). The first kappa shape index (κ1) is 7.95. The Hall–Kier alpha value is -0.670. The third-order valence-corrected chi connectivity index (χ3v) is 2.31. The second-order valence-corrected chi connectivity index (χ2v) is 3.27. The van der Waals surface area contributed by atoms with Gasteiger partial charge in [-0.05, 0) is 6.92 Å². The number of nitrogens with one attached hydrogen (secondary N) is 1. The predicted octanol–water partition coefficient (Wildman–Crippen LogP) is 1.08. The molecular weight excluding hydrogens is 174 g/mol. The fourth-order valence-electron chi connectivity index (χ4n) is 1.42. The second-order valence-electron chi connectivity index (χ2n) is 2.91. The van der Waals surface area contributed by atoms with Gasteiger partial charge in [0, 0.05) is 25.1 Å². The normalized spacial score (nSPS) is 15.8. The molecule has 0 amide bonds. The molecule has 0 bridgehead atoms. The van der Waals surface area contributed by atoms with Gasteiger partial charge in [-0.1, -0.05) is 11.6 Å². The molecule has 0 aromatic carbocycles. The van der Waals surface area contributed by atoms with Crippen molar-refractivity contribution < 1.29 is 0 Å². The third-order valence-electron chi connectivity index (χ3n) is 1.99. The van der Waals surface area contributed by atoms with E-state index in [9.17, 15) is 0 Å². The van der Waals surface area contributed by atoms with Crippen molar-refractivity contribution in [1.82, 2.24) is 15.3 Å². The molecule has 0 saturated carbocycles. The summed E-state index contributed by atoms with van der Waals surface area (Å²) in [7, 11) is 0. The van der Waals surface area contributed by atoms with Crippen molar-refractivity contribution in [3.8, 4) is 0 Å². The summed E-state index contributed by atoms with van der Waals surface area (Å²) in [6.45, 7) is 3.66. The molecule has 1 N–H and O–H groups in total. The molecule has 0 spiro atoms. The van der Waals surface area contributed by atoms with Crippen LogP contribution in [-0.4, -0.2) is 16.5 Å². The fraction of sp³-hybridized carbons (Fsp3) is 0.500. The van der Waals surface area contributed by atoms with Gasteiger partial charge in [-0.25, -0.2) is 9.97 Å². The van der Waals surface area contributed by atoms with Crippen LogP contribution in [0, 0.1) is 6.92 Å². The highest BCUT2D eigenvalue weighted by Gasteiger charge is 2.14. The number of aryl methyl sites for hydroxylation is 1. The minimum absolute atomic E-state index is 0.602. The van der Waals surface area contributed by atoms with Gasteiger partial charge in [0.1, 0.15) is 11.0 Å². The number of nitrogens with zero attached hydrogens (tertiary/aromatic N) is 2. The number of aromatic nitrogens is 2. The van der Waals surface area contributed by atoms with Crippen molar-refractivity contribution in [3.63, 3.8) is 0 Å². The standard InChI is InChI=1S/C8H10ClN3/c1-5-11-7-2-3-10-4-6(7)8(9)12-5/h10H,2-4H2,1H3. The lowest BCUT2D eigenvalue weighted by atomic mass is 10.1. The molecule has 0 unspecified atom stereocenters. The van der Waals surface area contributed by atoms with Crippen molar-refractivity contribution >= 4 is 11.6 Å². The Morgan fingerprint density at radius 2 is 2.25 bits per heavy atom. The number of halogens is 1. The maximum absolute atomic E-state index is 5.96. The van der Waals surface area contributed by atoms with E-state index in [1.165, 1.54) is 0 Å². The number of hydrogen-bond donors (Lipinski definition) is 1. The van der Waals surface area contributed by atoms with Crippen molar-refractivity contribution in [3.05, 3.63) is 22.2 Å². The Morgan fingerprint density at radius 3 is 3.08 bits per heavy atom. The van der Waals surface area contributed by atoms with E-state index in [1.54, 1.807) is 0 Å². The molecule has 1 aromatic heterocycles. The number of hydrogen-bond acceptors (Lipinski definition) is 3. The molecule has 64 valence electrons. The summed E-state index contributed by atoms with van der Waals surface area (Å²) in [5.41, 5.74) is 2.17. The van der Waals surface area contributed by atoms with Crippen LogP contribution in [0.3, 0.4) is 0 Å². The van der Waals surface area contributed by atoms with Gasteiger partial charge in [0.25, 0.3) is 0 Å². The Morgan fingerprint density at radius 1 is 1.42 bits per heavy atom. The smallest absolute Gasteiger partial charge is 0.137 e. The highest BCUT2D eigenvalue weighted by Crippen LogP contribution is 2.19. The maximum Gasteiger partial charge on any atom is 0.137 e. The molecule has 0 radical (unpaired) electrons. The largest absolute Gasteiger partial charge is 0.312 e. The summed E-state index contributed by atoms with van der Waals surface area (Å²) < 4.78 is 0. The highest BCUT2D eigenvalue weighted by atomic mass is 35.5. The van der Waals surface area contributed by atoms with Crippen LogP contribution in [-0.2, 0) is 13.0 Å². The van der Waals surface area contributed by atoms with Gasteiger partial charge in [0.2, 0.25) is 0 Å². The van der Waals surface area contributed by atoms with Crippen LogP contribution >= 0.6 is 11.6 Å². The SMILES string of the molecule is Cc1nc(Cl)c2c(n1)CCNC2. The fourth-order valence-corrected chi connectivity index (χ4v) is 1.72. The zero-order valence-electron chi connectivity index (χ0n) is 6.89. The zero-order chi connectivity index (χ0) is 8.55. The summed E-state index contributed by atoms with van der Waals surface area (Å²) in [5, 5.41) is 3.84. The quantitative estimate of drug-likeness (QED) is 0.612. The summed E-state index contributed by atoms with van der Waals surface area (Å²) >= 11 is 5.96. The molecule has 0 saturated heterocycles. The van der Waals surface area contributed by atoms with Crippen molar-refractivity contribution in [2.24, 2.45) is 0 Å². The molecule has 1 aliphatic rings. The van der Waals surface area contributed by atoms with Gasteiger partial charge in [0.15, 0.2) is 0 Å². The Balaban J connectivity index is 2.53. The number of fused-ring (bicyclic) bond motifs is 1. The van der Waals surface area contributed by atoms with Gasteiger partial charge < -0.3 is 5.32 Å². The van der Waals surface area contributed by atoms with E-state index in [0.29, 0.717) is 5.15 Å². The van der Waals surface area contributed by atoms with Gasteiger partial charge in [-0.15, -0.1) is 0 Å². The Kier molecular flexibility index (Phi) is 1.98. The molecule has 0 atom stereocenters. The predicted molar refractivity (Wildman–Crippen MR) is 47.2 cm³/mol. The van der Waals surface area contributed by atoms with Crippen molar-refractivity contribution in [1.29, 1.82) is 0 Å². The first-order chi connectivity index (χ1) is 5.77. The lowest BCUT2D eigenvalue weighted by Gasteiger charge is -2.16. The average Bonchev–Trinajstić information content (AvgIpc) is 2.04. The van der Waals surface area contributed by atoms with Crippen LogP contribution in [0.1, 0.15) is 17.1 Å². The molecule has 1 aromatic rings. The minimum Gasteiger partial charge on any atom is -0.312 e. The van der Waals surface area contributed by atoms with Gasteiger partial charge in [-0.3, -0.25) is 0 Å². The molecule has 1 aliphatic heterocycles. The summed E-state index contributed by atoms with van der Waals surface area (Å²) in [6, 6.07) is 0. The Labute approximate surface area is 76.2 Å². The monoisotopic (exact) mass is 183 g/mol. The molecule has 4 heteroatoms. The van der Waals surface area contributed by atoms with Crippen LogP contribution in [0.15, 0.2) is 0 Å². The van der Waals surface area contributed by atoms with Crippen LogP contribution in [0.5, 0.6) is 0 Å². The summed E-state index contributed by atoms with van der Waals surface area (Å²) in [5.74, 6) is 0.764. The van der Waals surface area contributed by atoms with Crippen molar-refractivity contribution in [2.45, 2.75) is 19.9 Å². The van der Waals surface area contributed by atoms with E-state index in [-0.39, 0.29) is 0 Å². The van der Waals surface area contributed by atoms with E-state index in [4.69, 9.17) is 11.6 Å². The lowest BCUT2D eigenvalue weighted by Crippen LogP contribution is -2.25. The topological polar surface area (TPSA) is 37.8 Å². The second kappa shape index (κ2) is 2.99. The van der Waals surface area contributed by atoms with E-state index < -0.39 is 0 Å². The first-order valence-electron chi connectivity index (χ1n) is 4.00. The van der Waals surface area contributed by atoms with Crippen LogP contribution in [0.25, 0.3) is 0 Å². The Bertz CT molecular complexity index is 311. The van der Waals surface area contributed by atoms with Crippen LogP contribution in [0.2, 0.25) is 5.15 Å². The minimum atomic E-state index is 0.602. The highest BCUT2D eigenvalue weighted by molar-refractivity contribution is 6.30. The maximum atomic E-state index is 5.96. The average molecular weight is 184 g/mol. The van der Waals surface area contributed by atoms with Gasteiger partial charge in [0.05, 0.1) is 5.69 Å². The van der Waals surface area contributed by atoms with Gasteiger partial charge in [-0.2, -0.15) is 0 Å². The van der Waals surface area contributed by atoms with Gasteiger partial charge >= 0.3 is 0 Å². The number of rotatable bonds is 0. The van der Waals surface area contributed by atoms with Crippen LogP contribution < -0.4 is 5.32 Å². The molecule has 12 heavy (non-hydrogen) atoms. The first-order valence-corrected chi connectivity index (χ1v) is 4.38. The molecule has 2 heterocycles.